The second kappa shape index (κ2) is 5.09. The maximum atomic E-state index is 12.2. The lowest BCUT2D eigenvalue weighted by atomic mass is 10.2. The third-order valence-corrected chi connectivity index (χ3v) is 3.36. The minimum atomic E-state index is -0.388. The average molecular weight is 293 g/mol. The molecule has 1 N–H and O–H groups in total. The number of rotatable bonds is 2. The lowest BCUT2D eigenvalue weighted by Gasteiger charge is -2.19. The number of anilines is 2. The maximum Gasteiger partial charge on any atom is 0.261 e. The number of benzene rings is 1. The molecule has 0 saturated heterocycles. The molecule has 1 aromatic rings. The predicted octanol–water partition coefficient (Wildman–Crippen LogP) is 2.51. The Labute approximate surface area is 121 Å². The van der Waals surface area contributed by atoms with Crippen molar-refractivity contribution in [3.05, 3.63) is 34.4 Å². The van der Waals surface area contributed by atoms with E-state index in [0.29, 0.717) is 27.5 Å². The van der Waals surface area contributed by atoms with Crippen molar-refractivity contribution in [2.24, 2.45) is 0 Å². The molecule has 0 radical (unpaired) electrons. The molecule has 1 aliphatic rings. The minimum Gasteiger partial charge on any atom is -0.324 e. The number of hydrogen-bond acceptors (Lipinski definition) is 3. The first-order valence-electron chi connectivity index (χ1n) is 5.96. The molecule has 1 heterocycles. The van der Waals surface area contributed by atoms with Crippen LogP contribution in [0.1, 0.15) is 20.8 Å². The highest BCUT2D eigenvalue weighted by molar-refractivity contribution is 6.34. The number of carbonyl (C=O) groups excluding carboxylic acids is 3. The highest BCUT2D eigenvalue weighted by atomic mass is 35.5. The molecule has 104 valence electrons. The molecular weight excluding hydrogens is 280 g/mol. The molecule has 1 aromatic carbocycles. The SMILES string of the molecule is CC(=O)Nc1cc(Cl)ccc1N1C(=O)C(C)=C(C)C1=O. The number of amides is 3. The van der Waals surface area contributed by atoms with Crippen LogP contribution in [0.25, 0.3) is 0 Å². The van der Waals surface area contributed by atoms with Crippen molar-refractivity contribution < 1.29 is 14.4 Å². The molecule has 0 spiro atoms. The summed E-state index contributed by atoms with van der Waals surface area (Å²) in [4.78, 5) is 36.6. The quantitative estimate of drug-likeness (QED) is 0.852. The highest BCUT2D eigenvalue weighted by Crippen LogP contribution is 2.34. The van der Waals surface area contributed by atoms with Gasteiger partial charge in [0.05, 0.1) is 11.4 Å². The Hall–Kier alpha value is -2.14. The van der Waals surface area contributed by atoms with E-state index >= 15 is 0 Å². The molecule has 5 nitrogen and oxygen atoms in total. The van der Waals surface area contributed by atoms with Gasteiger partial charge in [0, 0.05) is 23.1 Å². The number of imide groups is 1. The lowest BCUT2D eigenvalue weighted by molar-refractivity contribution is -0.120. The molecule has 0 unspecified atom stereocenters. The fourth-order valence-electron chi connectivity index (χ4n) is 1.96. The second-order valence-electron chi connectivity index (χ2n) is 4.54. The molecule has 2 rings (SSSR count). The van der Waals surface area contributed by atoms with Gasteiger partial charge < -0.3 is 5.32 Å². The second-order valence-corrected chi connectivity index (χ2v) is 4.97. The first-order chi connectivity index (χ1) is 9.32. The van der Waals surface area contributed by atoms with Crippen LogP contribution in [0.15, 0.2) is 29.3 Å². The van der Waals surface area contributed by atoms with Crippen LogP contribution in [0, 0.1) is 0 Å². The molecule has 0 aliphatic carbocycles. The van der Waals surface area contributed by atoms with Crippen molar-refractivity contribution in [3.63, 3.8) is 0 Å². The van der Waals surface area contributed by atoms with Gasteiger partial charge in [-0.2, -0.15) is 0 Å². The Kier molecular flexibility index (Phi) is 3.63. The summed E-state index contributed by atoms with van der Waals surface area (Å²) in [5.74, 6) is -1.09. The zero-order chi connectivity index (χ0) is 15.0. The van der Waals surface area contributed by atoms with Gasteiger partial charge >= 0.3 is 0 Å². The number of hydrogen-bond donors (Lipinski definition) is 1. The number of nitrogens with zero attached hydrogens (tertiary/aromatic N) is 1. The Bertz CT molecular complexity index is 640. The number of carbonyl (C=O) groups is 3. The molecule has 3 amide bonds. The van der Waals surface area contributed by atoms with Gasteiger partial charge in [-0.05, 0) is 32.0 Å². The summed E-state index contributed by atoms with van der Waals surface area (Å²) in [6.45, 7) is 4.54. The monoisotopic (exact) mass is 292 g/mol. The van der Waals surface area contributed by atoms with E-state index in [9.17, 15) is 14.4 Å². The van der Waals surface area contributed by atoms with Gasteiger partial charge in [0.15, 0.2) is 0 Å². The van der Waals surface area contributed by atoms with Crippen LogP contribution in [-0.4, -0.2) is 17.7 Å². The van der Waals surface area contributed by atoms with E-state index in [1.807, 2.05) is 0 Å². The van der Waals surface area contributed by atoms with E-state index in [2.05, 4.69) is 5.32 Å². The van der Waals surface area contributed by atoms with Crippen LogP contribution < -0.4 is 10.2 Å². The van der Waals surface area contributed by atoms with Gasteiger partial charge in [-0.25, -0.2) is 4.90 Å². The van der Waals surface area contributed by atoms with Crippen LogP contribution in [0.4, 0.5) is 11.4 Å². The third kappa shape index (κ3) is 2.32. The fraction of sp³-hybridized carbons (Fsp3) is 0.214. The van der Waals surface area contributed by atoms with Gasteiger partial charge in [-0.3, -0.25) is 14.4 Å². The largest absolute Gasteiger partial charge is 0.324 e. The van der Waals surface area contributed by atoms with E-state index in [4.69, 9.17) is 11.6 Å². The Balaban J connectivity index is 2.52. The van der Waals surface area contributed by atoms with Crippen LogP contribution in [0.3, 0.4) is 0 Å². The highest BCUT2D eigenvalue weighted by Gasteiger charge is 2.35. The van der Waals surface area contributed by atoms with Crippen molar-refractivity contribution in [1.29, 1.82) is 0 Å². The predicted molar refractivity (Wildman–Crippen MR) is 76.6 cm³/mol. The van der Waals surface area contributed by atoms with Gasteiger partial charge in [-0.15, -0.1) is 0 Å². The molecule has 0 aromatic heterocycles. The zero-order valence-electron chi connectivity index (χ0n) is 11.3. The van der Waals surface area contributed by atoms with Gasteiger partial charge in [-0.1, -0.05) is 11.6 Å². The molecule has 0 fully saturated rings. The summed E-state index contributed by atoms with van der Waals surface area (Å²) in [5, 5.41) is 2.97. The molecular formula is C14H13ClN2O3. The van der Waals surface area contributed by atoms with Crippen molar-refractivity contribution in [2.75, 3.05) is 10.2 Å². The summed E-state index contributed by atoms with van der Waals surface area (Å²) in [7, 11) is 0. The van der Waals surface area contributed by atoms with E-state index in [-0.39, 0.29) is 17.7 Å². The minimum absolute atomic E-state index is 0.311. The Morgan fingerprint density at radius 1 is 1.15 bits per heavy atom. The first kappa shape index (κ1) is 14.3. The number of halogens is 1. The Morgan fingerprint density at radius 3 is 2.20 bits per heavy atom. The summed E-state index contributed by atoms with van der Waals surface area (Å²) in [6, 6.07) is 4.60. The zero-order valence-corrected chi connectivity index (χ0v) is 12.0. The maximum absolute atomic E-state index is 12.2. The van der Waals surface area contributed by atoms with E-state index < -0.39 is 0 Å². The van der Waals surface area contributed by atoms with Crippen molar-refractivity contribution in [3.8, 4) is 0 Å². The molecule has 0 saturated carbocycles. The molecule has 0 atom stereocenters. The average Bonchev–Trinajstić information content (AvgIpc) is 2.55. The van der Waals surface area contributed by atoms with Crippen molar-refractivity contribution >= 4 is 40.7 Å². The van der Waals surface area contributed by atoms with E-state index in [1.165, 1.54) is 19.1 Å². The smallest absolute Gasteiger partial charge is 0.261 e. The summed E-state index contributed by atoms with van der Waals surface area (Å²) < 4.78 is 0. The van der Waals surface area contributed by atoms with Gasteiger partial charge in [0.1, 0.15) is 0 Å². The fourth-order valence-corrected chi connectivity index (χ4v) is 2.13. The summed E-state index contributed by atoms with van der Waals surface area (Å²) in [6.07, 6.45) is 0. The van der Waals surface area contributed by atoms with Crippen molar-refractivity contribution in [1.82, 2.24) is 0 Å². The third-order valence-electron chi connectivity index (χ3n) is 3.12. The molecule has 20 heavy (non-hydrogen) atoms. The first-order valence-corrected chi connectivity index (χ1v) is 6.34. The standard InChI is InChI=1S/C14H13ClN2O3/c1-7-8(2)14(20)17(13(7)19)12-5-4-10(15)6-11(12)16-9(3)18/h4-6H,1-3H3,(H,16,18). The van der Waals surface area contributed by atoms with Crippen molar-refractivity contribution in [2.45, 2.75) is 20.8 Å². The molecule has 0 bridgehead atoms. The lowest BCUT2D eigenvalue weighted by Crippen LogP contribution is -2.32. The number of nitrogens with one attached hydrogen (secondary N) is 1. The summed E-state index contributed by atoms with van der Waals surface area (Å²) >= 11 is 5.89. The van der Waals surface area contributed by atoms with E-state index in [0.717, 1.165) is 4.90 Å². The Morgan fingerprint density at radius 2 is 1.70 bits per heavy atom. The normalized spacial score (nSPS) is 15.1. The molecule has 6 heteroatoms. The van der Waals surface area contributed by atoms with Crippen LogP contribution >= 0.6 is 11.6 Å². The molecule has 1 aliphatic heterocycles. The van der Waals surface area contributed by atoms with Gasteiger partial charge in [0.2, 0.25) is 5.91 Å². The van der Waals surface area contributed by atoms with Crippen LogP contribution in [0.5, 0.6) is 0 Å². The van der Waals surface area contributed by atoms with Crippen LogP contribution in [0.2, 0.25) is 5.02 Å². The summed E-state index contributed by atoms with van der Waals surface area (Å²) in [5.41, 5.74) is 1.45. The van der Waals surface area contributed by atoms with Gasteiger partial charge in [0.25, 0.3) is 11.8 Å². The van der Waals surface area contributed by atoms with E-state index in [1.54, 1.807) is 19.9 Å². The topological polar surface area (TPSA) is 66.5 Å². The van der Waals surface area contributed by atoms with Crippen LogP contribution in [-0.2, 0) is 14.4 Å².